The van der Waals surface area contributed by atoms with Crippen molar-refractivity contribution >= 4 is 18.3 Å². The van der Waals surface area contributed by atoms with E-state index in [1.807, 2.05) is 27.8 Å². The first kappa shape index (κ1) is 19.5. The van der Waals surface area contributed by atoms with E-state index in [1.165, 1.54) is 5.56 Å². The molecule has 1 aliphatic heterocycles. The number of nitrogens with zero attached hydrogens (tertiary/aromatic N) is 3. The number of likely N-dealkylation sites (tertiary alicyclic amines) is 1. The van der Waals surface area contributed by atoms with Crippen LogP contribution in [0.1, 0.15) is 41.9 Å². The lowest BCUT2D eigenvalue weighted by Crippen LogP contribution is -2.34. The van der Waals surface area contributed by atoms with Crippen molar-refractivity contribution in [3.05, 3.63) is 53.3 Å². The number of hydrogen-bond donors (Lipinski definition) is 1. The van der Waals surface area contributed by atoms with Crippen molar-refractivity contribution < 1.29 is 4.79 Å². The highest BCUT2D eigenvalue weighted by Crippen LogP contribution is 2.25. The molecule has 2 aromatic rings. The minimum absolute atomic E-state index is 0. The fraction of sp³-hybridized carbons (Fsp3) is 0.474. The van der Waals surface area contributed by atoms with Crippen LogP contribution in [0.2, 0.25) is 0 Å². The zero-order valence-corrected chi connectivity index (χ0v) is 15.7. The Morgan fingerprint density at radius 3 is 2.64 bits per heavy atom. The zero-order chi connectivity index (χ0) is 17.1. The molecule has 2 atom stereocenters. The Morgan fingerprint density at radius 1 is 1.32 bits per heavy atom. The van der Waals surface area contributed by atoms with Gasteiger partial charge in [-0.1, -0.05) is 37.3 Å². The molecule has 1 amide bonds. The summed E-state index contributed by atoms with van der Waals surface area (Å²) >= 11 is 0. The van der Waals surface area contributed by atoms with E-state index in [-0.39, 0.29) is 24.4 Å². The van der Waals surface area contributed by atoms with Gasteiger partial charge in [0, 0.05) is 12.6 Å². The first-order chi connectivity index (χ1) is 11.6. The number of nitrogens with two attached hydrogens (primary N) is 1. The molecule has 25 heavy (non-hydrogen) atoms. The lowest BCUT2D eigenvalue weighted by atomic mass is 10.1. The lowest BCUT2D eigenvalue weighted by Gasteiger charge is -2.21. The van der Waals surface area contributed by atoms with E-state index in [9.17, 15) is 4.79 Å². The molecule has 1 fully saturated rings. The summed E-state index contributed by atoms with van der Waals surface area (Å²) in [6, 6.07) is 10.5. The van der Waals surface area contributed by atoms with E-state index < -0.39 is 0 Å². The monoisotopic (exact) mass is 362 g/mol. The molecular weight excluding hydrogens is 336 g/mol. The summed E-state index contributed by atoms with van der Waals surface area (Å²) in [7, 11) is 0. The molecule has 6 heteroatoms. The second kappa shape index (κ2) is 8.50. The Morgan fingerprint density at radius 2 is 2.04 bits per heavy atom. The SMILES string of the molecule is CCc1c(C(=O)N2CC(CN)CC2C)cnn1Cc1ccccc1.Cl. The van der Waals surface area contributed by atoms with Gasteiger partial charge in [-0.3, -0.25) is 9.48 Å². The van der Waals surface area contributed by atoms with Crippen molar-refractivity contribution in [2.45, 2.75) is 39.3 Å². The molecule has 0 bridgehead atoms. The van der Waals surface area contributed by atoms with Gasteiger partial charge >= 0.3 is 0 Å². The number of aromatic nitrogens is 2. The van der Waals surface area contributed by atoms with Gasteiger partial charge in [0.15, 0.2) is 0 Å². The molecule has 1 aromatic carbocycles. The second-order valence-corrected chi connectivity index (χ2v) is 6.65. The molecule has 2 heterocycles. The Labute approximate surface area is 155 Å². The first-order valence-electron chi connectivity index (χ1n) is 8.73. The number of amides is 1. The van der Waals surface area contributed by atoms with Crippen LogP contribution in [0.3, 0.4) is 0 Å². The molecule has 0 aliphatic carbocycles. The van der Waals surface area contributed by atoms with Gasteiger partial charge in [-0.05, 0) is 37.8 Å². The molecule has 136 valence electrons. The maximum absolute atomic E-state index is 13.0. The highest BCUT2D eigenvalue weighted by atomic mass is 35.5. The van der Waals surface area contributed by atoms with Crippen molar-refractivity contribution in [2.24, 2.45) is 11.7 Å². The number of rotatable bonds is 5. The van der Waals surface area contributed by atoms with Gasteiger partial charge in [-0.15, -0.1) is 12.4 Å². The van der Waals surface area contributed by atoms with Gasteiger partial charge in [0.2, 0.25) is 0 Å². The normalized spacial score (nSPS) is 19.7. The quantitative estimate of drug-likeness (QED) is 0.889. The van der Waals surface area contributed by atoms with Crippen molar-refractivity contribution in [3.8, 4) is 0 Å². The Kier molecular flexibility index (Phi) is 6.62. The molecule has 3 rings (SSSR count). The molecule has 0 saturated carbocycles. The highest BCUT2D eigenvalue weighted by Gasteiger charge is 2.33. The number of carbonyl (C=O) groups is 1. The van der Waals surface area contributed by atoms with Gasteiger partial charge in [-0.25, -0.2) is 0 Å². The van der Waals surface area contributed by atoms with E-state index in [2.05, 4.69) is 31.1 Å². The fourth-order valence-corrected chi connectivity index (χ4v) is 3.61. The molecular formula is C19H27ClN4O. The van der Waals surface area contributed by atoms with Crippen molar-refractivity contribution in [3.63, 3.8) is 0 Å². The van der Waals surface area contributed by atoms with Gasteiger partial charge < -0.3 is 10.6 Å². The number of hydrogen-bond acceptors (Lipinski definition) is 3. The van der Waals surface area contributed by atoms with Crippen LogP contribution in [0.15, 0.2) is 36.5 Å². The third-order valence-electron chi connectivity index (χ3n) is 4.94. The van der Waals surface area contributed by atoms with Crippen LogP contribution in [0.5, 0.6) is 0 Å². The van der Waals surface area contributed by atoms with E-state index in [1.54, 1.807) is 6.20 Å². The van der Waals surface area contributed by atoms with Crippen LogP contribution in [0, 0.1) is 5.92 Å². The Hall–Kier alpha value is -1.85. The molecule has 5 nitrogen and oxygen atoms in total. The first-order valence-corrected chi connectivity index (χ1v) is 8.73. The summed E-state index contributed by atoms with van der Waals surface area (Å²) < 4.78 is 1.95. The van der Waals surface area contributed by atoms with Crippen LogP contribution in [-0.4, -0.2) is 39.7 Å². The molecule has 1 aliphatic rings. The maximum Gasteiger partial charge on any atom is 0.257 e. The van der Waals surface area contributed by atoms with Crippen molar-refractivity contribution in [2.75, 3.05) is 13.1 Å². The minimum Gasteiger partial charge on any atom is -0.335 e. The summed E-state index contributed by atoms with van der Waals surface area (Å²) in [5, 5.41) is 4.48. The average Bonchev–Trinajstić information content (AvgIpc) is 3.18. The third-order valence-corrected chi connectivity index (χ3v) is 4.94. The molecule has 2 unspecified atom stereocenters. The van der Waals surface area contributed by atoms with Crippen LogP contribution in [-0.2, 0) is 13.0 Å². The topological polar surface area (TPSA) is 64.2 Å². The fourth-order valence-electron chi connectivity index (χ4n) is 3.61. The van der Waals surface area contributed by atoms with E-state index in [0.717, 1.165) is 30.6 Å². The van der Waals surface area contributed by atoms with E-state index in [4.69, 9.17) is 5.73 Å². The number of benzene rings is 1. The van der Waals surface area contributed by atoms with Crippen LogP contribution in [0.25, 0.3) is 0 Å². The van der Waals surface area contributed by atoms with Gasteiger partial charge in [0.25, 0.3) is 5.91 Å². The van der Waals surface area contributed by atoms with Gasteiger partial charge in [0.1, 0.15) is 0 Å². The minimum atomic E-state index is 0. The largest absolute Gasteiger partial charge is 0.335 e. The molecule has 2 N–H and O–H groups in total. The van der Waals surface area contributed by atoms with Gasteiger partial charge in [0.05, 0.1) is 24.0 Å². The number of carbonyl (C=O) groups excluding carboxylic acids is 1. The third kappa shape index (κ3) is 4.05. The summed E-state index contributed by atoms with van der Waals surface area (Å²) in [5.41, 5.74) is 8.72. The number of halogens is 1. The van der Waals surface area contributed by atoms with Crippen molar-refractivity contribution in [1.29, 1.82) is 0 Å². The predicted molar refractivity (Wildman–Crippen MR) is 102 cm³/mol. The molecule has 1 aromatic heterocycles. The van der Waals surface area contributed by atoms with Crippen LogP contribution < -0.4 is 5.73 Å². The van der Waals surface area contributed by atoms with E-state index in [0.29, 0.717) is 19.0 Å². The maximum atomic E-state index is 13.0. The second-order valence-electron chi connectivity index (χ2n) is 6.65. The zero-order valence-electron chi connectivity index (χ0n) is 14.9. The molecule has 0 spiro atoms. The molecule has 0 radical (unpaired) electrons. The van der Waals surface area contributed by atoms with Gasteiger partial charge in [-0.2, -0.15) is 5.10 Å². The van der Waals surface area contributed by atoms with Crippen molar-refractivity contribution in [1.82, 2.24) is 14.7 Å². The molecule has 1 saturated heterocycles. The predicted octanol–water partition coefficient (Wildman–Crippen LogP) is 2.72. The average molecular weight is 363 g/mol. The Balaban J connectivity index is 0.00000225. The summed E-state index contributed by atoms with van der Waals surface area (Å²) in [5.74, 6) is 0.503. The van der Waals surface area contributed by atoms with Crippen LogP contribution >= 0.6 is 12.4 Å². The Bertz CT molecular complexity index is 701. The van der Waals surface area contributed by atoms with Crippen LogP contribution in [0.4, 0.5) is 0 Å². The highest BCUT2D eigenvalue weighted by molar-refractivity contribution is 5.95. The summed E-state index contributed by atoms with van der Waals surface area (Å²) in [6.45, 7) is 6.27. The standard InChI is InChI=1S/C19H26N4O.ClH/c1-3-18-17(19(24)22-12-16(10-20)9-14(22)2)11-21-23(18)13-15-7-5-4-6-8-15;/h4-8,11,14,16H,3,9-10,12-13,20H2,1-2H3;1H. The van der Waals surface area contributed by atoms with E-state index >= 15 is 0 Å². The smallest absolute Gasteiger partial charge is 0.257 e. The summed E-state index contributed by atoms with van der Waals surface area (Å²) in [6.07, 6.45) is 3.50. The summed E-state index contributed by atoms with van der Waals surface area (Å²) in [4.78, 5) is 15.0. The lowest BCUT2D eigenvalue weighted by molar-refractivity contribution is 0.0742.